The summed E-state index contributed by atoms with van der Waals surface area (Å²) in [6.07, 6.45) is 0. The van der Waals surface area contributed by atoms with Crippen LogP contribution in [0.4, 0.5) is 0 Å². The third-order valence-electron chi connectivity index (χ3n) is 3.64. The standard InChI is InChI=1S/C20H19O.HI/c1-14-4-8-17(9-5-14)19-12-16(3)21-20(13-19)18-10-6-15(2)7-11-18;/h4-13H,1-3H3;1H/q+1;/p-1. The smallest absolute Gasteiger partial charge is 0.360 e. The molecule has 0 aliphatic carbocycles. The van der Waals surface area contributed by atoms with E-state index in [2.05, 4.69) is 74.5 Å². The van der Waals surface area contributed by atoms with Crippen molar-refractivity contribution in [1.82, 2.24) is 0 Å². The first-order valence-electron chi connectivity index (χ1n) is 7.21. The highest BCUT2D eigenvalue weighted by Crippen LogP contribution is 2.28. The molecule has 0 atom stereocenters. The van der Waals surface area contributed by atoms with Gasteiger partial charge in [0.05, 0.1) is 18.6 Å². The molecule has 2 heteroatoms. The van der Waals surface area contributed by atoms with Crippen LogP contribution in [0.15, 0.2) is 65.1 Å². The van der Waals surface area contributed by atoms with E-state index in [0.717, 1.165) is 17.1 Å². The first-order chi connectivity index (χ1) is 10.1. The molecular formula is C20H19IO. The fraction of sp³-hybridized carbons (Fsp3) is 0.150. The van der Waals surface area contributed by atoms with Crippen molar-refractivity contribution in [2.45, 2.75) is 20.8 Å². The van der Waals surface area contributed by atoms with Crippen LogP contribution in [0.25, 0.3) is 22.5 Å². The summed E-state index contributed by atoms with van der Waals surface area (Å²) < 4.78 is 5.89. The van der Waals surface area contributed by atoms with Gasteiger partial charge in [-0.05, 0) is 31.5 Å². The molecule has 0 saturated heterocycles. The van der Waals surface area contributed by atoms with Crippen molar-refractivity contribution >= 4 is 0 Å². The van der Waals surface area contributed by atoms with Crippen molar-refractivity contribution in [2.75, 3.05) is 0 Å². The molecule has 0 unspecified atom stereocenters. The van der Waals surface area contributed by atoms with E-state index in [9.17, 15) is 0 Å². The fourth-order valence-electron chi connectivity index (χ4n) is 2.41. The Labute approximate surface area is 149 Å². The van der Waals surface area contributed by atoms with Gasteiger partial charge in [-0.1, -0.05) is 47.5 Å². The average molecular weight is 402 g/mol. The minimum atomic E-state index is 0. The van der Waals surface area contributed by atoms with Crippen LogP contribution < -0.4 is 24.0 Å². The van der Waals surface area contributed by atoms with Gasteiger partial charge in [0.15, 0.2) is 0 Å². The van der Waals surface area contributed by atoms with Gasteiger partial charge in [-0.2, -0.15) is 0 Å². The zero-order valence-electron chi connectivity index (χ0n) is 13.1. The molecule has 0 N–H and O–H groups in total. The number of halogens is 1. The van der Waals surface area contributed by atoms with Crippen LogP contribution >= 0.6 is 0 Å². The van der Waals surface area contributed by atoms with Crippen LogP contribution in [0.1, 0.15) is 16.9 Å². The third kappa shape index (κ3) is 3.74. The quantitative estimate of drug-likeness (QED) is 0.474. The molecule has 3 rings (SSSR count). The minimum Gasteiger partial charge on any atom is -1.00 e. The summed E-state index contributed by atoms with van der Waals surface area (Å²) in [7, 11) is 0. The van der Waals surface area contributed by atoms with E-state index in [-0.39, 0.29) is 24.0 Å². The van der Waals surface area contributed by atoms with Crippen LogP contribution in [0, 0.1) is 20.8 Å². The molecule has 2 aromatic carbocycles. The second-order valence-corrected chi connectivity index (χ2v) is 5.55. The van der Waals surface area contributed by atoms with Gasteiger partial charge in [0.2, 0.25) is 0 Å². The summed E-state index contributed by atoms with van der Waals surface area (Å²) in [6.45, 7) is 6.19. The molecule has 112 valence electrons. The molecule has 0 radical (unpaired) electrons. The lowest BCUT2D eigenvalue weighted by Crippen LogP contribution is -3.00. The SMILES string of the molecule is Cc1ccc(-c2cc(C)[o+]c(-c3ccc(C)cc3)c2)cc1.[I-]. The summed E-state index contributed by atoms with van der Waals surface area (Å²) >= 11 is 0. The molecular weight excluding hydrogens is 383 g/mol. The van der Waals surface area contributed by atoms with Gasteiger partial charge in [-0.15, -0.1) is 0 Å². The number of benzene rings is 2. The molecule has 0 fully saturated rings. The van der Waals surface area contributed by atoms with Crippen LogP contribution in [0.3, 0.4) is 0 Å². The van der Waals surface area contributed by atoms with Gasteiger partial charge in [0.25, 0.3) is 0 Å². The largest absolute Gasteiger partial charge is 1.00 e. The maximum absolute atomic E-state index is 5.89. The van der Waals surface area contributed by atoms with Gasteiger partial charge in [-0.25, -0.2) is 4.42 Å². The van der Waals surface area contributed by atoms with Gasteiger partial charge in [0, 0.05) is 11.6 Å². The van der Waals surface area contributed by atoms with Gasteiger partial charge < -0.3 is 24.0 Å². The van der Waals surface area contributed by atoms with Crippen molar-refractivity contribution in [3.05, 3.63) is 77.6 Å². The molecule has 0 bridgehead atoms. The lowest BCUT2D eigenvalue weighted by atomic mass is 10.0. The molecule has 0 aliphatic rings. The summed E-state index contributed by atoms with van der Waals surface area (Å²) in [5.74, 6) is 1.83. The zero-order chi connectivity index (χ0) is 14.8. The fourth-order valence-corrected chi connectivity index (χ4v) is 2.41. The van der Waals surface area contributed by atoms with E-state index in [4.69, 9.17) is 4.42 Å². The molecule has 1 heterocycles. The Kier molecular flexibility index (Phi) is 5.35. The summed E-state index contributed by atoms with van der Waals surface area (Å²) in [5.41, 5.74) is 6.04. The van der Waals surface area contributed by atoms with E-state index in [1.165, 1.54) is 22.3 Å². The van der Waals surface area contributed by atoms with E-state index in [1.54, 1.807) is 0 Å². The van der Waals surface area contributed by atoms with Crippen LogP contribution in [0.5, 0.6) is 0 Å². The van der Waals surface area contributed by atoms with E-state index in [1.807, 2.05) is 6.92 Å². The third-order valence-corrected chi connectivity index (χ3v) is 3.64. The number of hydrogen-bond donors (Lipinski definition) is 0. The summed E-state index contributed by atoms with van der Waals surface area (Å²) in [4.78, 5) is 0. The Bertz CT molecular complexity index is 695. The van der Waals surface area contributed by atoms with Crippen molar-refractivity contribution in [2.24, 2.45) is 0 Å². The van der Waals surface area contributed by atoms with Gasteiger partial charge in [-0.3, -0.25) is 0 Å². The maximum Gasteiger partial charge on any atom is 0.360 e. The highest BCUT2D eigenvalue weighted by molar-refractivity contribution is 5.70. The van der Waals surface area contributed by atoms with Crippen molar-refractivity contribution in [3.63, 3.8) is 0 Å². The Morgan fingerprint density at radius 1 is 0.591 bits per heavy atom. The van der Waals surface area contributed by atoms with E-state index < -0.39 is 0 Å². The summed E-state index contributed by atoms with van der Waals surface area (Å²) in [5, 5.41) is 0. The molecule has 0 saturated carbocycles. The van der Waals surface area contributed by atoms with Gasteiger partial charge >= 0.3 is 11.5 Å². The molecule has 0 aliphatic heterocycles. The predicted molar refractivity (Wildman–Crippen MR) is 88.2 cm³/mol. The maximum atomic E-state index is 5.89. The molecule has 3 aromatic rings. The topological polar surface area (TPSA) is 11.3 Å². The predicted octanol–water partition coefficient (Wildman–Crippen LogP) is 2.82. The monoisotopic (exact) mass is 402 g/mol. The summed E-state index contributed by atoms with van der Waals surface area (Å²) in [6, 6.07) is 21.2. The Morgan fingerprint density at radius 2 is 1.09 bits per heavy atom. The molecule has 0 amide bonds. The Balaban J connectivity index is 0.00000176. The van der Waals surface area contributed by atoms with Crippen molar-refractivity contribution in [3.8, 4) is 22.5 Å². The first kappa shape index (κ1) is 16.7. The number of aryl methyl sites for hydroxylation is 3. The second-order valence-electron chi connectivity index (χ2n) is 5.55. The highest BCUT2D eigenvalue weighted by atomic mass is 127. The first-order valence-corrected chi connectivity index (χ1v) is 7.21. The molecule has 0 spiro atoms. The Morgan fingerprint density at radius 3 is 1.64 bits per heavy atom. The van der Waals surface area contributed by atoms with Gasteiger partial charge in [0.1, 0.15) is 0 Å². The molecule has 22 heavy (non-hydrogen) atoms. The minimum absolute atomic E-state index is 0. The number of hydrogen-bond acceptors (Lipinski definition) is 0. The normalized spacial score (nSPS) is 10.1. The Hall–Kier alpha value is -1.68. The lowest BCUT2D eigenvalue weighted by Gasteiger charge is -2.02. The lowest BCUT2D eigenvalue weighted by molar-refractivity contribution is -0.00000500. The van der Waals surface area contributed by atoms with Crippen molar-refractivity contribution < 1.29 is 28.4 Å². The van der Waals surface area contributed by atoms with Crippen molar-refractivity contribution in [1.29, 1.82) is 0 Å². The van der Waals surface area contributed by atoms with E-state index in [0.29, 0.717) is 0 Å². The number of rotatable bonds is 2. The van der Waals surface area contributed by atoms with Crippen LogP contribution in [-0.4, -0.2) is 0 Å². The van der Waals surface area contributed by atoms with E-state index >= 15 is 0 Å². The average Bonchev–Trinajstić information content (AvgIpc) is 2.48. The highest BCUT2D eigenvalue weighted by Gasteiger charge is 2.15. The zero-order valence-corrected chi connectivity index (χ0v) is 15.2. The van der Waals surface area contributed by atoms with Crippen LogP contribution in [0.2, 0.25) is 0 Å². The molecule has 1 aromatic heterocycles. The second kappa shape index (κ2) is 7.05. The van der Waals surface area contributed by atoms with Crippen LogP contribution in [-0.2, 0) is 0 Å². The molecule has 1 nitrogen and oxygen atoms in total.